The Labute approximate surface area is 126 Å². The molecule has 1 aromatic heterocycles. The predicted octanol–water partition coefficient (Wildman–Crippen LogP) is 4.72. The summed E-state index contributed by atoms with van der Waals surface area (Å²) in [6.07, 6.45) is -4.70. The standard InChI is InChI=1S/C13H11BrF3NOS/c1-18-12(10-6-7-11(14)20-10)8-4-2-3-5-9(8)19-13(15,16)17/h2-7,12,18H,1H3. The number of rotatable bonds is 4. The molecule has 0 spiro atoms. The van der Waals surface area contributed by atoms with Gasteiger partial charge in [0, 0.05) is 10.4 Å². The third-order valence-corrected chi connectivity index (χ3v) is 4.31. The minimum Gasteiger partial charge on any atom is -0.405 e. The highest BCUT2D eigenvalue weighted by molar-refractivity contribution is 9.11. The molecule has 1 N–H and O–H groups in total. The molecule has 1 aromatic carbocycles. The minimum atomic E-state index is -4.70. The summed E-state index contributed by atoms with van der Waals surface area (Å²) in [5.41, 5.74) is 0.446. The van der Waals surface area contributed by atoms with Gasteiger partial charge in [0.1, 0.15) is 5.75 Å². The number of hydrogen-bond acceptors (Lipinski definition) is 3. The molecule has 0 radical (unpaired) electrons. The number of benzene rings is 1. The number of thiophene rings is 1. The molecular formula is C13H11BrF3NOS. The van der Waals surface area contributed by atoms with Crippen molar-refractivity contribution in [2.75, 3.05) is 7.05 Å². The molecule has 0 saturated carbocycles. The van der Waals surface area contributed by atoms with E-state index in [2.05, 4.69) is 26.0 Å². The molecule has 0 aliphatic rings. The van der Waals surface area contributed by atoms with Crippen molar-refractivity contribution in [3.8, 4) is 5.75 Å². The first kappa shape index (κ1) is 15.3. The molecule has 0 aliphatic carbocycles. The highest BCUT2D eigenvalue weighted by atomic mass is 79.9. The lowest BCUT2D eigenvalue weighted by atomic mass is 10.0. The molecule has 1 heterocycles. The van der Waals surface area contributed by atoms with E-state index in [1.807, 2.05) is 12.1 Å². The first-order valence-electron chi connectivity index (χ1n) is 5.68. The fourth-order valence-electron chi connectivity index (χ4n) is 1.87. The van der Waals surface area contributed by atoms with E-state index in [1.54, 1.807) is 19.2 Å². The first-order chi connectivity index (χ1) is 9.40. The summed E-state index contributed by atoms with van der Waals surface area (Å²) in [7, 11) is 1.70. The Morgan fingerprint density at radius 2 is 1.90 bits per heavy atom. The Bertz CT molecular complexity index is 585. The Kier molecular flexibility index (Phi) is 4.72. The number of alkyl halides is 3. The van der Waals surface area contributed by atoms with Crippen LogP contribution < -0.4 is 10.1 Å². The Morgan fingerprint density at radius 1 is 1.20 bits per heavy atom. The third kappa shape index (κ3) is 3.74. The van der Waals surface area contributed by atoms with E-state index in [4.69, 9.17) is 0 Å². The SMILES string of the molecule is CNC(c1ccc(Br)s1)c1ccccc1OC(F)(F)F. The Morgan fingerprint density at radius 3 is 2.45 bits per heavy atom. The second-order valence-electron chi connectivity index (χ2n) is 3.95. The molecule has 0 bridgehead atoms. The van der Waals surface area contributed by atoms with Crippen molar-refractivity contribution >= 4 is 27.3 Å². The summed E-state index contributed by atoms with van der Waals surface area (Å²) in [5.74, 6) is -0.191. The molecule has 2 rings (SSSR count). The van der Waals surface area contributed by atoms with Crippen LogP contribution in [0.2, 0.25) is 0 Å². The fourth-order valence-corrected chi connectivity index (χ4v) is 3.42. The van der Waals surface area contributed by atoms with Crippen molar-refractivity contribution in [3.63, 3.8) is 0 Å². The van der Waals surface area contributed by atoms with Crippen molar-refractivity contribution in [1.29, 1.82) is 0 Å². The summed E-state index contributed by atoms with van der Waals surface area (Å²) in [5, 5.41) is 3.02. The average molecular weight is 366 g/mol. The number of nitrogens with one attached hydrogen (secondary N) is 1. The van der Waals surface area contributed by atoms with E-state index in [0.29, 0.717) is 5.56 Å². The van der Waals surface area contributed by atoms with Crippen LogP contribution in [0, 0.1) is 0 Å². The quantitative estimate of drug-likeness (QED) is 0.846. The molecule has 0 saturated heterocycles. The van der Waals surface area contributed by atoms with Crippen LogP contribution in [-0.4, -0.2) is 13.4 Å². The predicted molar refractivity (Wildman–Crippen MR) is 76.0 cm³/mol. The van der Waals surface area contributed by atoms with E-state index < -0.39 is 6.36 Å². The van der Waals surface area contributed by atoms with Crippen molar-refractivity contribution in [2.24, 2.45) is 0 Å². The molecule has 0 amide bonds. The van der Waals surface area contributed by atoms with Gasteiger partial charge in [-0.15, -0.1) is 24.5 Å². The van der Waals surface area contributed by atoms with Crippen LogP contribution in [0.15, 0.2) is 40.2 Å². The molecule has 20 heavy (non-hydrogen) atoms. The highest BCUT2D eigenvalue weighted by Crippen LogP contribution is 2.36. The Balaban J connectivity index is 2.39. The Hall–Kier alpha value is -1.05. The van der Waals surface area contributed by atoms with Gasteiger partial charge in [0.05, 0.1) is 9.83 Å². The van der Waals surface area contributed by atoms with Crippen LogP contribution in [-0.2, 0) is 0 Å². The third-order valence-electron chi connectivity index (χ3n) is 2.62. The van der Waals surface area contributed by atoms with Gasteiger partial charge in [-0.1, -0.05) is 18.2 Å². The lowest BCUT2D eigenvalue weighted by Gasteiger charge is -2.19. The molecule has 7 heteroatoms. The number of halogens is 4. The average Bonchev–Trinajstić information content (AvgIpc) is 2.77. The maximum Gasteiger partial charge on any atom is 0.573 e. The topological polar surface area (TPSA) is 21.3 Å². The van der Waals surface area contributed by atoms with Gasteiger partial charge in [-0.25, -0.2) is 0 Å². The van der Waals surface area contributed by atoms with Gasteiger partial charge in [-0.2, -0.15) is 0 Å². The zero-order valence-electron chi connectivity index (χ0n) is 10.4. The molecule has 108 valence electrons. The van der Waals surface area contributed by atoms with Gasteiger partial charge in [-0.3, -0.25) is 0 Å². The largest absolute Gasteiger partial charge is 0.573 e. The fraction of sp³-hybridized carbons (Fsp3) is 0.231. The second-order valence-corrected chi connectivity index (χ2v) is 6.44. The van der Waals surface area contributed by atoms with Crippen LogP contribution in [0.5, 0.6) is 5.75 Å². The van der Waals surface area contributed by atoms with E-state index in [9.17, 15) is 13.2 Å². The van der Waals surface area contributed by atoms with Crippen molar-refractivity contribution < 1.29 is 17.9 Å². The maximum atomic E-state index is 12.4. The summed E-state index contributed by atoms with van der Waals surface area (Å²) in [6.45, 7) is 0. The van der Waals surface area contributed by atoms with Crippen LogP contribution in [0.4, 0.5) is 13.2 Å². The zero-order chi connectivity index (χ0) is 14.8. The number of hydrogen-bond donors (Lipinski definition) is 1. The van der Waals surface area contributed by atoms with Gasteiger partial charge in [-0.05, 0) is 41.2 Å². The summed E-state index contributed by atoms with van der Waals surface area (Å²) in [4.78, 5) is 0.901. The van der Waals surface area contributed by atoms with Crippen LogP contribution in [0.1, 0.15) is 16.5 Å². The van der Waals surface area contributed by atoms with E-state index >= 15 is 0 Å². The van der Waals surface area contributed by atoms with Crippen LogP contribution >= 0.6 is 27.3 Å². The van der Waals surface area contributed by atoms with E-state index in [1.165, 1.54) is 23.5 Å². The van der Waals surface area contributed by atoms with Crippen LogP contribution in [0.3, 0.4) is 0 Å². The first-order valence-corrected chi connectivity index (χ1v) is 7.29. The smallest absolute Gasteiger partial charge is 0.405 e. The summed E-state index contributed by atoms with van der Waals surface area (Å²) >= 11 is 4.81. The number of para-hydroxylation sites is 1. The summed E-state index contributed by atoms with van der Waals surface area (Å²) < 4.78 is 42.4. The lowest BCUT2D eigenvalue weighted by Crippen LogP contribution is -2.22. The van der Waals surface area contributed by atoms with E-state index in [0.717, 1.165) is 8.66 Å². The molecule has 2 aromatic rings. The molecule has 0 aliphatic heterocycles. The summed E-state index contributed by atoms with van der Waals surface area (Å²) in [6, 6.07) is 9.50. The van der Waals surface area contributed by atoms with Crippen LogP contribution in [0.25, 0.3) is 0 Å². The molecular weight excluding hydrogens is 355 g/mol. The number of ether oxygens (including phenoxy) is 1. The lowest BCUT2D eigenvalue weighted by molar-refractivity contribution is -0.275. The van der Waals surface area contributed by atoms with Gasteiger partial charge in [0.15, 0.2) is 0 Å². The molecule has 2 nitrogen and oxygen atoms in total. The monoisotopic (exact) mass is 365 g/mol. The maximum absolute atomic E-state index is 12.4. The van der Waals surface area contributed by atoms with Gasteiger partial charge < -0.3 is 10.1 Å². The normalized spacial score (nSPS) is 13.2. The van der Waals surface area contributed by atoms with Gasteiger partial charge in [0.25, 0.3) is 0 Å². The van der Waals surface area contributed by atoms with E-state index in [-0.39, 0.29) is 11.8 Å². The minimum absolute atomic E-state index is 0.191. The van der Waals surface area contributed by atoms with Crippen molar-refractivity contribution in [3.05, 3.63) is 50.6 Å². The zero-order valence-corrected chi connectivity index (χ0v) is 12.8. The van der Waals surface area contributed by atoms with Gasteiger partial charge >= 0.3 is 6.36 Å². The van der Waals surface area contributed by atoms with Crippen molar-refractivity contribution in [1.82, 2.24) is 5.32 Å². The second kappa shape index (κ2) is 6.15. The van der Waals surface area contributed by atoms with Crippen molar-refractivity contribution in [2.45, 2.75) is 12.4 Å². The molecule has 0 fully saturated rings. The highest BCUT2D eigenvalue weighted by Gasteiger charge is 2.33. The molecule has 1 unspecified atom stereocenters. The molecule has 1 atom stereocenters. The van der Waals surface area contributed by atoms with Gasteiger partial charge in [0.2, 0.25) is 0 Å².